The zero-order valence-corrected chi connectivity index (χ0v) is 10.4. The number of hydrogen-bond donors (Lipinski definition) is 1. The second-order valence-corrected chi connectivity index (χ2v) is 4.54. The zero-order valence-electron chi connectivity index (χ0n) is 10.4. The van der Waals surface area contributed by atoms with Crippen molar-refractivity contribution in [2.24, 2.45) is 0 Å². The average molecular weight is 276 g/mol. The zero-order chi connectivity index (χ0) is 14.0. The van der Waals surface area contributed by atoms with Gasteiger partial charge in [0.15, 0.2) is 0 Å². The van der Waals surface area contributed by atoms with E-state index in [-0.39, 0.29) is 17.7 Å². The Morgan fingerprint density at radius 2 is 2.21 bits per heavy atom. The highest BCUT2D eigenvalue weighted by molar-refractivity contribution is 5.43. The Kier molecular flexibility index (Phi) is 3.79. The van der Waals surface area contributed by atoms with Crippen molar-refractivity contribution in [1.29, 1.82) is 0 Å². The minimum absolute atomic E-state index is 0.0200. The number of nitrogen functional groups attached to an aromatic ring is 1. The Bertz CT molecular complexity index is 446. The molecule has 0 radical (unpaired) electrons. The summed E-state index contributed by atoms with van der Waals surface area (Å²) < 4.78 is 42.3. The molecular weight excluding hydrogens is 261 g/mol. The van der Waals surface area contributed by atoms with Crippen molar-refractivity contribution >= 4 is 11.8 Å². The lowest BCUT2D eigenvalue weighted by molar-refractivity contribution is -0.119. The van der Waals surface area contributed by atoms with Crippen LogP contribution in [0.1, 0.15) is 18.0 Å². The fraction of sp³-hybridized carbons (Fsp3) is 0.636. The lowest BCUT2D eigenvalue weighted by Crippen LogP contribution is -2.31. The van der Waals surface area contributed by atoms with Crippen LogP contribution in [0.3, 0.4) is 0 Å². The van der Waals surface area contributed by atoms with E-state index in [1.807, 2.05) is 0 Å². The highest BCUT2D eigenvalue weighted by atomic mass is 19.4. The number of ether oxygens (including phenoxy) is 1. The monoisotopic (exact) mass is 276 g/mol. The number of nitrogens with two attached hydrogens (primary N) is 1. The van der Waals surface area contributed by atoms with E-state index in [1.54, 1.807) is 6.07 Å². The predicted octanol–water partition coefficient (Wildman–Crippen LogP) is 1.56. The van der Waals surface area contributed by atoms with E-state index in [1.165, 1.54) is 7.05 Å². The van der Waals surface area contributed by atoms with E-state index in [0.717, 1.165) is 11.3 Å². The van der Waals surface area contributed by atoms with Crippen molar-refractivity contribution < 1.29 is 17.9 Å². The SMILES string of the molecule is CN(CC(F)(F)F)c1cc([C@@H]2CCOC2)nc(N)n1. The van der Waals surface area contributed by atoms with Gasteiger partial charge >= 0.3 is 6.18 Å². The summed E-state index contributed by atoms with van der Waals surface area (Å²) in [5, 5.41) is 0. The maximum Gasteiger partial charge on any atom is 0.405 e. The minimum atomic E-state index is -4.29. The van der Waals surface area contributed by atoms with E-state index in [0.29, 0.717) is 18.9 Å². The van der Waals surface area contributed by atoms with Crippen LogP contribution in [0.4, 0.5) is 24.9 Å². The normalized spacial score (nSPS) is 19.7. The summed E-state index contributed by atoms with van der Waals surface area (Å²) in [6, 6.07) is 1.54. The van der Waals surface area contributed by atoms with Gasteiger partial charge in [0.1, 0.15) is 12.4 Å². The summed E-state index contributed by atoms with van der Waals surface area (Å²) in [5.74, 6) is 0.225. The van der Waals surface area contributed by atoms with Gasteiger partial charge in [-0.25, -0.2) is 4.98 Å². The summed E-state index contributed by atoms with van der Waals surface area (Å²) in [4.78, 5) is 8.93. The largest absolute Gasteiger partial charge is 0.405 e. The van der Waals surface area contributed by atoms with Gasteiger partial charge in [0.2, 0.25) is 5.95 Å². The fourth-order valence-corrected chi connectivity index (χ4v) is 1.99. The van der Waals surface area contributed by atoms with E-state index < -0.39 is 12.7 Å². The van der Waals surface area contributed by atoms with Crippen molar-refractivity contribution in [3.63, 3.8) is 0 Å². The van der Waals surface area contributed by atoms with Crippen LogP contribution in [0.15, 0.2) is 6.07 Å². The van der Waals surface area contributed by atoms with Gasteiger partial charge in [-0.05, 0) is 6.42 Å². The van der Waals surface area contributed by atoms with E-state index in [9.17, 15) is 13.2 Å². The molecule has 0 bridgehead atoms. The molecule has 106 valence electrons. The highest BCUT2D eigenvalue weighted by Crippen LogP contribution is 2.27. The number of hydrogen-bond acceptors (Lipinski definition) is 5. The third-order valence-electron chi connectivity index (χ3n) is 2.91. The molecule has 0 spiro atoms. The molecule has 1 aliphatic heterocycles. The molecule has 2 heterocycles. The molecule has 8 heteroatoms. The smallest absolute Gasteiger partial charge is 0.381 e. The topological polar surface area (TPSA) is 64.3 Å². The van der Waals surface area contributed by atoms with Gasteiger partial charge in [-0.3, -0.25) is 0 Å². The van der Waals surface area contributed by atoms with Gasteiger partial charge < -0.3 is 15.4 Å². The molecule has 2 rings (SSSR count). The fourth-order valence-electron chi connectivity index (χ4n) is 1.99. The van der Waals surface area contributed by atoms with Gasteiger partial charge in [-0.2, -0.15) is 18.2 Å². The standard InChI is InChI=1S/C11H15F3N4O/c1-18(6-11(12,13)14)9-4-8(16-10(15)17-9)7-2-3-19-5-7/h4,7H,2-3,5-6H2,1H3,(H2,15,16,17)/t7-/m1/s1. The molecule has 5 nitrogen and oxygen atoms in total. The van der Waals surface area contributed by atoms with Crippen molar-refractivity contribution in [3.8, 4) is 0 Å². The Hall–Kier alpha value is -1.57. The van der Waals surface area contributed by atoms with E-state index in [2.05, 4.69) is 9.97 Å². The minimum Gasteiger partial charge on any atom is -0.381 e. The number of alkyl halides is 3. The van der Waals surface area contributed by atoms with Gasteiger partial charge in [-0.15, -0.1) is 0 Å². The molecule has 1 aromatic heterocycles. The molecule has 0 saturated carbocycles. The third-order valence-corrected chi connectivity index (χ3v) is 2.91. The van der Waals surface area contributed by atoms with E-state index >= 15 is 0 Å². The third kappa shape index (κ3) is 3.69. The van der Waals surface area contributed by atoms with E-state index in [4.69, 9.17) is 10.5 Å². The average Bonchev–Trinajstić information content (AvgIpc) is 2.79. The number of nitrogens with zero attached hydrogens (tertiary/aromatic N) is 3. The van der Waals surface area contributed by atoms with Crippen molar-refractivity contribution in [2.45, 2.75) is 18.5 Å². The Morgan fingerprint density at radius 1 is 1.47 bits per heavy atom. The molecule has 1 aromatic rings. The van der Waals surface area contributed by atoms with Crippen LogP contribution in [-0.2, 0) is 4.74 Å². The Morgan fingerprint density at radius 3 is 2.79 bits per heavy atom. The second kappa shape index (κ2) is 5.20. The molecule has 0 aliphatic carbocycles. The summed E-state index contributed by atoms with van der Waals surface area (Å²) in [6.07, 6.45) is -3.50. The quantitative estimate of drug-likeness (QED) is 0.907. The van der Waals surface area contributed by atoms with Crippen molar-refractivity contribution in [1.82, 2.24) is 9.97 Å². The number of halogens is 3. The molecule has 1 saturated heterocycles. The molecule has 2 N–H and O–H groups in total. The van der Waals surface area contributed by atoms with Gasteiger partial charge in [0.05, 0.1) is 12.3 Å². The Balaban J connectivity index is 2.20. The van der Waals surface area contributed by atoms with Crippen LogP contribution in [0, 0.1) is 0 Å². The second-order valence-electron chi connectivity index (χ2n) is 4.54. The molecule has 1 aliphatic rings. The summed E-state index contributed by atoms with van der Waals surface area (Å²) in [5.41, 5.74) is 6.19. The Labute approximate surface area is 108 Å². The lowest BCUT2D eigenvalue weighted by atomic mass is 10.0. The van der Waals surface area contributed by atoms with Crippen LogP contribution < -0.4 is 10.6 Å². The maximum atomic E-state index is 12.4. The van der Waals surface area contributed by atoms with Crippen LogP contribution in [0.25, 0.3) is 0 Å². The van der Waals surface area contributed by atoms with Gasteiger partial charge in [-0.1, -0.05) is 0 Å². The first-order chi connectivity index (χ1) is 8.85. The van der Waals surface area contributed by atoms with Crippen LogP contribution in [-0.4, -0.2) is 43.0 Å². The highest BCUT2D eigenvalue weighted by Gasteiger charge is 2.30. The first-order valence-corrected chi connectivity index (χ1v) is 5.85. The summed E-state index contributed by atoms with van der Waals surface area (Å²) in [6.45, 7) is 0.0608. The molecule has 19 heavy (non-hydrogen) atoms. The van der Waals surface area contributed by atoms with Crippen molar-refractivity contribution in [3.05, 3.63) is 11.8 Å². The van der Waals surface area contributed by atoms with Crippen LogP contribution in [0.2, 0.25) is 0 Å². The van der Waals surface area contributed by atoms with Crippen molar-refractivity contribution in [2.75, 3.05) is 37.4 Å². The van der Waals surface area contributed by atoms with Gasteiger partial charge in [0.25, 0.3) is 0 Å². The lowest BCUT2D eigenvalue weighted by Gasteiger charge is -2.21. The van der Waals surface area contributed by atoms with Crippen LogP contribution >= 0.6 is 0 Å². The summed E-state index contributed by atoms with van der Waals surface area (Å²) >= 11 is 0. The van der Waals surface area contributed by atoms with Crippen LogP contribution in [0.5, 0.6) is 0 Å². The number of aromatic nitrogens is 2. The first kappa shape index (κ1) is 13.9. The molecule has 0 aromatic carbocycles. The molecule has 0 amide bonds. The molecule has 0 unspecified atom stereocenters. The molecule has 1 fully saturated rings. The number of rotatable bonds is 3. The maximum absolute atomic E-state index is 12.4. The van der Waals surface area contributed by atoms with Gasteiger partial charge in [0, 0.05) is 25.6 Å². The number of anilines is 2. The molecule has 1 atom stereocenters. The summed E-state index contributed by atoms with van der Waals surface area (Å²) in [7, 11) is 1.32. The molecular formula is C11H15F3N4O. The first-order valence-electron chi connectivity index (χ1n) is 5.85. The predicted molar refractivity (Wildman–Crippen MR) is 63.9 cm³/mol.